The van der Waals surface area contributed by atoms with Gasteiger partial charge in [0.25, 0.3) is 0 Å². The number of para-hydroxylation sites is 2. The van der Waals surface area contributed by atoms with Gasteiger partial charge >= 0.3 is 0 Å². The topological polar surface area (TPSA) is 15.7 Å². The molecule has 0 radical (unpaired) electrons. The number of fused-ring (bicyclic) bond motifs is 5. The van der Waals surface area contributed by atoms with Crippen molar-refractivity contribution >= 4 is 44.9 Å². The lowest BCUT2D eigenvalue weighted by molar-refractivity contribution is 0.487. The van der Waals surface area contributed by atoms with Gasteiger partial charge in [-0.25, -0.2) is 0 Å². The van der Waals surface area contributed by atoms with Gasteiger partial charge < -0.3 is 14.5 Å². The minimum Gasteiger partial charge on any atom is -0.456 e. The fourth-order valence-electron chi connectivity index (χ4n) is 9.27. The van der Waals surface area contributed by atoms with Gasteiger partial charge in [-0.3, -0.25) is 0 Å². The minimum atomic E-state index is -0.132. The van der Waals surface area contributed by atoms with E-state index in [2.05, 4.69) is 230 Å². The summed E-state index contributed by atoms with van der Waals surface area (Å²) in [6.45, 7) is 4.69. The summed E-state index contributed by atoms with van der Waals surface area (Å²) in [6, 6.07) is 74.1. The largest absolute Gasteiger partial charge is 0.456 e. The molecule has 3 heteroatoms. The zero-order chi connectivity index (χ0) is 38.8. The van der Waals surface area contributed by atoms with Crippen molar-refractivity contribution < 1.29 is 4.74 Å². The fourth-order valence-corrected chi connectivity index (χ4v) is 9.27. The summed E-state index contributed by atoms with van der Waals surface area (Å²) in [7, 11) is 0. The molecule has 58 heavy (non-hydrogen) atoms. The van der Waals surface area contributed by atoms with Crippen LogP contribution in [0.5, 0.6) is 11.5 Å². The Morgan fingerprint density at radius 2 is 0.948 bits per heavy atom. The van der Waals surface area contributed by atoms with Gasteiger partial charge in [0.15, 0.2) is 0 Å². The Morgan fingerprint density at radius 3 is 1.69 bits per heavy atom. The molecular weight excluding hydrogens is 705 g/mol. The first-order valence-corrected chi connectivity index (χ1v) is 20.0. The Labute approximate surface area is 339 Å². The van der Waals surface area contributed by atoms with E-state index >= 15 is 0 Å². The van der Waals surface area contributed by atoms with Crippen molar-refractivity contribution in [2.75, 3.05) is 9.80 Å². The second-order valence-electron chi connectivity index (χ2n) is 15.8. The van der Waals surface area contributed by atoms with Crippen LogP contribution in [0, 0.1) is 0 Å². The lowest BCUT2D eigenvalue weighted by atomic mass is 9.82. The van der Waals surface area contributed by atoms with E-state index in [0.29, 0.717) is 0 Å². The normalized spacial score (nSPS) is 12.9. The van der Waals surface area contributed by atoms with Gasteiger partial charge in [-0.05, 0) is 99.4 Å². The number of ether oxygens (including phenoxy) is 1. The predicted octanol–water partition coefficient (Wildman–Crippen LogP) is 15.5. The molecule has 0 N–H and O–H groups in total. The molecular formula is C55H40N2O. The van der Waals surface area contributed by atoms with Crippen molar-refractivity contribution in [1.29, 1.82) is 0 Å². The second-order valence-corrected chi connectivity index (χ2v) is 15.8. The van der Waals surface area contributed by atoms with Gasteiger partial charge in [0, 0.05) is 56.8 Å². The Bertz CT molecular complexity index is 2950. The molecule has 2 aliphatic rings. The number of benzene rings is 9. The second kappa shape index (κ2) is 13.4. The van der Waals surface area contributed by atoms with Gasteiger partial charge in [-0.2, -0.15) is 0 Å². The fraction of sp³-hybridized carbons (Fsp3) is 0.0545. The quantitative estimate of drug-likeness (QED) is 0.162. The van der Waals surface area contributed by atoms with Crippen molar-refractivity contribution in [3.63, 3.8) is 0 Å². The standard InChI is InChI=1S/C55H40N2O/c1-55(2)48-25-13-12-23-47(48)54-49(55)26-15-27-50(54)57(42-30-28-38(29-31-42)37-16-6-3-7-17-37)44-34-39-18-14-24-46-45-33-32-43(35-51(45)58-52(36-44)53(39)46)56(40-19-8-4-9-20-40)41-21-10-5-11-22-41/h3-36H,1-2H3. The van der Waals surface area contributed by atoms with Crippen LogP contribution in [0.25, 0.3) is 44.2 Å². The van der Waals surface area contributed by atoms with Crippen LogP contribution in [0.15, 0.2) is 206 Å². The molecule has 11 rings (SSSR count). The van der Waals surface area contributed by atoms with Crippen LogP contribution in [-0.4, -0.2) is 0 Å². The van der Waals surface area contributed by atoms with Gasteiger partial charge in [0.1, 0.15) is 11.5 Å². The molecule has 0 amide bonds. The van der Waals surface area contributed by atoms with Crippen LogP contribution in [0.3, 0.4) is 0 Å². The van der Waals surface area contributed by atoms with Crippen molar-refractivity contribution in [3.05, 3.63) is 217 Å². The number of hydrogen-bond acceptors (Lipinski definition) is 3. The predicted molar refractivity (Wildman–Crippen MR) is 242 cm³/mol. The van der Waals surface area contributed by atoms with Gasteiger partial charge in [-0.1, -0.05) is 147 Å². The molecule has 0 bridgehead atoms. The van der Waals surface area contributed by atoms with Crippen LogP contribution in [0.1, 0.15) is 25.0 Å². The molecule has 0 atom stereocenters. The number of rotatable bonds is 7. The van der Waals surface area contributed by atoms with Crippen molar-refractivity contribution in [1.82, 2.24) is 0 Å². The van der Waals surface area contributed by atoms with E-state index in [1.54, 1.807) is 0 Å². The van der Waals surface area contributed by atoms with Gasteiger partial charge in [0.2, 0.25) is 0 Å². The van der Waals surface area contributed by atoms with Crippen molar-refractivity contribution in [3.8, 4) is 44.9 Å². The summed E-state index contributed by atoms with van der Waals surface area (Å²) < 4.78 is 7.08. The van der Waals surface area contributed by atoms with Gasteiger partial charge in [0.05, 0.1) is 11.4 Å². The maximum Gasteiger partial charge on any atom is 0.138 e. The first-order chi connectivity index (χ1) is 28.5. The van der Waals surface area contributed by atoms with Crippen molar-refractivity contribution in [2.45, 2.75) is 19.3 Å². The van der Waals surface area contributed by atoms with Crippen LogP contribution in [0.4, 0.5) is 34.1 Å². The van der Waals surface area contributed by atoms with Crippen LogP contribution < -0.4 is 14.5 Å². The molecule has 9 aromatic rings. The third kappa shape index (κ3) is 5.43. The summed E-state index contributed by atoms with van der Waals surface area (Å²) in [5.74, 6) is 1.68. The highest BCUT2D eigenvalue weighted by atomic mass is 16.5. The lowest BCUT2D eigenvalue weighted by Gasteiger charge is -2.31. The maximum atomic E-state index is 7.08. The molecule has 3 nitrogen and oxygen atoms in total. The molecule has 0 spiro atoms. The first-order valence-electron chi connectivity index (χ1n) is 20.0. The smallest absolute Gasteiger partial charge is 0.138 e. The van der Waals surface area contributed by atoms with E-state index in [1.807, 2.05) is 0 Å². The van der Waals surface area contributed by atoms with E-state index in [0.717, 1.165) is 62.0 Å². The molecule has 9 aromatic carbocycles. The van der Waals surface area contributed by atoms with Gasteiger partial charge in [-0.15, -0.1) is 0 Å². The number of hydrogen-bond donors (Lipinski definition) is 0. The highest BCUT2D eigenvalue weighted by molar-refractivity contribution is 6.07. The zero-order valence-corrected chi connectivity index (χ0v) is 32.4. The third-order valence-corrected chi connectivity index (χ3v) is 12.0. The van der Waals surface area contributed by atoms with E-state index in [-0.39, 0.29) is 5.41 Å². The van der Waals surface area contributed by atoms with Crippen molar-refractivity contribution in [2.24, 2.45) is 0 Å². The van der Waals surface area contributed by atoms with E-state index in [9.17, 15) is 0 Å². The van der Waals surface area contributed by atoms with E-state index in [1.165, 1.54) is 38.9 Å². The van der Waals surface area contributed by atoms with Crippen LogP contribution in [-0.2, 0) is 5.41 Å². The Morgan fingerprint density at radius 1 is 0.379 bits per heavy atom. The number of nitrogens with zero attached hydrogens (tertiary/aromatic N) is 2. The molecule has 0 fully saturated rings. The molecule has 276 valence electrons. The SMILES string of the molecule is CC1(C)c2ccccc2-c2c(N(c3ccc(-c4ccccc4)cc3)c3cc4c5c(cccc5c3)-c3ccc(N(c5ccccc5)c5ccccc5)cc3O4)cccc21. The van der Waals surface area contributed by atoms with Crippen LogP contribution in [0.2, 0.25) is 0 Å². The highest BCUT2D eigenvalue weighted by Crippen LogP contribution is 2.56. The summed E-state index contributed by atoms with van der Waals surface area (Å²) in [5.41, 5.74) is 16.2. The monoisotopic (exact) mass is 744 g/mol. The molecule has 1 aliphatic heterocycles. The molecule has 0 aromatic heterocycles. The summed E-state index contributed by atoms with van der Waals surface area (Å²) in [5, 5.41) is 2.26. The zero-order valence-electron chi connectivity index (χ0n) is 32.4. The number of anilines is 6. The average molecular weight is 745 g/mol. The first kappa shape index (κ1) is 33.9. The Kier molecular flexibility index (Phi) is 7.84. The molecule has 1 aliphatic carbocycles. The average Bonchev–Trinajstić information content (AvgIpc) is 3.51. The maximum absolute atomic E-state index is 7.08. The summed E-state index contributed by atoms with van der Waals surface area (Å²) >= 11 is 0. The molecule has 1 heterocycles. The summed E-state index contributed by atoms with van der Waals surface area (Å²) in [6.07, 6.45) is 0. The highest BCUT2D eigenvalue weighted by Gasteiger charge is 2.38. The molecule has 0 unspecified atom stereocenters. The molecule has 0 saturated heterocycles. The minimum absolute atomic E-state index is 0.132. The van der Waals surface area contributed by atoms with E-state index in [4.69, 9.17) is 4.74 Å². The van der Waals surface area contributed by atoms with E-state index < -0.39 is 0 Å². The van der Waals surface area contributed by atoms with Crippen LogP contribution >= 0.6 is 0 Å². The Balaban J connectivity index is 1.09. The third-order valence-electron chi connectivity index (χ3n) is 12.0. The molecule has 0 saturated carbocycles. The Hall–Kier alpha value is -7.36. The summed E-state index contributed by atoms with van der Waals surface area (Å²) in [4.78, 5) is 4.71. The lowest BCUT2D eigenvalue weighted by Crippen LogP contribution is -2.16.